The van der Waals surface area contributed by atoms with Crippen LogP contribution in [-0.4, -0.2) is 54.3 Å². The summed E-state index contributed by atoms with van der Waals surface area (Å²) in [4.78, 5) is 10.8. The Morgan fingerprint density at radius 2 is 2.06 bits per heavy atom. The van der Waals surface area contributed by atoms with Gasteiger partial charge < -0.3 is 5.11 Å². The maximum atomic E-state index is 12.2. The molecule has 7 heteroatoms. The van der Waals surface area contributed by atoms with Crippen LogP contribution < -0.4 is 0 Å². The molecule has 0 aliphatic carbocycles. The third-order valence-corrected chi connectivity index (χ3v) is 5.22. The third-order valence-electron chi connectivity index (χ3n) is 3.14. The first-order valence-electron chi connectivity index (χ1n) is 6.02. The number of likely N-dealkylation sites (N-methyl/N-ethyl adjacent to an activating group) is 1. The van der Waals surface area contributed by atoms with E-state index >= 15 is 0 Å². The zero-order valence-electron chi connectivity index (χ0n) is 10.6. The van der Waals surface area contributed by atoms with E-state index in [1.807, 2.05) is 0 Å². The van der Waals surface area contributed by atoms with Gasteiger partial charge >= 0.3 is 5.97 Å². The van der Waals surface area contributed by atoms with Crippen LogP contribution in [0.3, 0.4) is 0 Å². The topological polar surface area (TPSA) is 77.9 Å². The Morgan fingerprint density at radius 3 is 2.44 bits per heavy atom. The second-order valence-corrected chi connectivity index (χ2v) is 6.19. The first-order valence-corrected chi connectivity index (χ1v) is 7.42. The molecule has 0 spiro atoms. The fourth-order valence-corrected chi connectivity index (χ4v) is 3.65. The van der Waals surface area contributed by atoms with E-state index in [-0.39, 0.29) is 19.6 Å². The normalized spacial score (nSPS) is 19.0. The molecule has 1 fully saturated rings. The minimum absolute atomic E-state index is 0.271. The van der Waals surface area contributed by atoms with E-state index in [4.69, 9.17) is 5.11 Å². The van der Waals surface area contributed by atoms with Gasteiger partial charge in [-0.1, -0.05) is 13.0 Å². The highest BCUT2D eigenvalue weighted by Gasteiger charge is 2.33. The maximum absolute atomic E-state index is 12.2. The Morgan fingerprint density at radius 1 is 1.50 bits per heavy atom. The number of carboxylic acid groups (broad SMARTS) is 1. The smallest absolute Gasteiger partial charge is 0.306 e. The fraction of sp³-hybridized carbons (Fsp3) is 0.727. The molecule has 1 heterocycles. The van der Waals surface area contributed by atoms with E-state index in [2.05, 4.69) is 6.58 Å². The summed E-state index contributed by atoms with van der Waals surface area (Å²) >= 11 is 0. The SMILES string of the molecule is C=CCN(CC)S(=O)(=O)N1CCC(C(=O)O)CC1. The van der Waals surface area contributed by atoms with Crippen LogP contribution in [0.25, 0.3) is 0 Å². The first-order chi connectivity index (χ1) is 8.43. The van der Waals surface area contributed by atoms with Gasteiger partial charge in [-0.05, 0) is 12.8 Å². The molecule has 0 amide bonds. The predicted octanol–water partition coefficient (Wildman–Crippen LogP) is 0.536. The molecular weight excluding hydrogens is 256 g/mol. The van der Waals surface area contributed by atoms with Crippen LogP contribution >= 0.6 is 0 Å². The zero-order chi connectivity index (χ0) is 13.8. The van der Waals surface area contributed by atoms with Crippen molar-refractivity contribution in [2.24, 2.45) is 5.92 Å². The Hall–Kier alpha value is -0.920. The lowest BCUT2D eigenvalue weighted by molar-refractivity contribution is -0.142. The summed E-state index contributed by atoms with van der Waals surface area (Å²) in [5.74, 6) is -1.27. The summed E-state index contributed by atoms with van der Waals surface area (Å²) < 4.78 is 27.2. The van der Waals surface area contributed by atoms with Gasteiger partial charge in [0.05, 0.1) is 5.92 Å². The Labute approximate surface area is 108 Å². The Kier molecular flexibility index (Phi) is 5.30. The van der Waals surface area contributed by atoms with Gasteiger partial charge in [0.1, 0.15) is 0 Å². The molecule has 18 heavy (non-hydrogen) atoms. The van der Waals surface area contributed by atoms with E-state index in [1.165, 1.54) is 8.61 Å². The van der Waals surface area contributed by atoms with Crippen LogP contribution in [0, 0.1) is 5.92 Å². The van der Waals surface area contributed by atoms with E-state index in [9.17, 15) is 13.2 Å². The quantitative estimate of drug-likeness (QED) is 0.718. The lowest BCUT2D eigenvalue weighted by Crippen LogP contribution is -2.47. The standard InChI is InChI=1S/C11H20N2O4S/c1-3-7-12(4-2)18(16,17)13-8-5-10(6-9-13)11(14)15/h3,10H,1,4-9H2,2H3,(H,14,15). The molecule has 0 atom stereocenters. The van der Waals surface area contributed by atoms with Crippen molar-refractivity contribution >= 4 is 16.2 Å². The van der Waals surface area contributed by atoms with Gasteiger partial charge in [-0.2, -0.15) is 17.0 Å². The van der Waals surface area contributed by atoms with Crippen LogP contribution in [0.5, 0.6) is 0 Å². The van der Waals surface area contributed by atoms with E-state index in [0.29, 0.717) is 19.4 Å². The summed E-state index contributed by atoms with van der Waals surface area (Å²) in [6, 6.07) is 0. The van der Waals surface area contributed by atoms with Crippen LogP contribution in [0.2, 0.25) is 0 Å². The molecular formula is C11H20N2O4S. The molecule has 1 saturated heterocycles. The van der Waals surface area contributed by atoms with Gasteiger partial charge in [0.25, 0.3) is 10.2 Å². The highest BCUT2D eigenvalue weighted by molar-refractivity contribution is 7.86. The number of carboxylic acids is 1. The average molecular weight is 276 g/mol. The van der Waals surface area contributed by atoms with Crippen LogP contribution in [0.4, 0.5) is 0 Å². The van der Waals surface area contributed by atoms with Crippen molar-refractivity contribution in [2.75, 3.05) is 26.2 Å². The minimum atomic E-state index is -3.48. The lowest BCUT2D eigenvalue weighted by atomic mass is 9.99. The van der Waals surface area contributed by atoms with E-state index in [1.54, 1.807) is 13.0 Å². The first kappa shape index (κ1) is 15.1. The van der Waals surface area contributed by atoms with Gasteiger partial charge in [0, 0.05) is 26.2 Å². The number of carbonyl (C=O) groups is 1. The van der Waals surface area contributed by atoms with Crippen molar-refractivity contribution in [1.82, 2.24) is 8.61 Å². The van der Waals surface area contributed by atoms with Gasteiger partial charge in [-0.25, -0.2) is 0 Å². The predicted molar refractivity (Wildman–Crippen MR) is 68.3 cm³/mol. The molecule has 1 aliphatic heterocycles. The highest BCUT2D eigenvalue weighted by Crippen LogP contribution is 2.21. The van der Waals surface area contributed by atoms with Crippen molar-refractivity contribution in [1.29, 1.82) is 0 Å². The molecule has 0 unspecified atom stereocenters. The number of aliphatic carboxylic acids is 1. The number of rotatable bonds is 6. The summed E-state index contributed by atoms with van der Waals surface area (Å²) in [7, 11) is -3.48. The molecule has 104 valence electrons. The number of piperidine rings is 1. The molecule has 1 N–H and O–H groups in total. The fourth-order valence-electron chi connectivity index (χ4n) is 2.03. The lowest BCUT2D eigenvalue weighted by Gasteiger charge is -2.33. The second-order valence-electron chi connectivity index (χ2n) is 4.26. The van der Waals surface area contributed by atoms with Gasteiger partial charge in [0.15, 0.2) is 0 Å². The van der Waals surface area contributed by atoms with Crippen molar-refractivity contribution in [3.8, 4) is 0 Å². The van der Waals surface area contributed by atoms with Crippen molar-refractivity contribution in [3.63, 3.8) is 0 Å². The van der Waals surface area contributed by atoms with E-state index < -0.39 is 22.1 Å². The molecule has 1 rings (SSSR count). The highest BCUT2D eigenvalue weighted by atomic mass is 32.2. The molecule has 0 aromatic heterocycles. The van der Waals surface area contributed by atoms with Gasteiger partial charge in [-0.15, -0.1) is 6.58 Å². The Bertz CT molecular complexity index is 399. The van der Waals surface area contributed by atoms with Crippen molar-refractivity contribution in [2.45, 2.75) is 19.8 Å². The van der Waals surface area contributed by atoms with Crippen LogP contribution in [-0.2, 0) is 15.0 Å². The van der Waals surface area contributed by atoms with Gasteiger partial charge in [-0.3, -0.25) is 4.79 Å². The maximum Gasteiger partial charge on any atom is 0.306 e. The molecule has 1 aliphatic rings. The summed E-state index contributed by atoms with van der Waals surface area (Å²) in [5, 5.41) is 8.88. The molecule has 6 nitrogen and oxygen atoms in total. The summed E-state index contributed by atoms with van der Waals surface area (Å²) in [6.45, 7) is 6.51. The largest absolute Gasteiger partial charge is 0.481 e. The van der Waals surface area contributed by atoms with Crippen molar-refractivity contribution < 1.29 is 18.3 Å². The zero-order valence-corrected chi connectivity index (χ0v) is 11.4. The van der Waals surface area contributed by atoms with Crippen molar-refractivity contribution in [3.05, 3.63) is 12.7 Å². The summed E-state index contributed by atoms with van der Waals surface area (Å²) in [6.07, 6.45) is 2.30. The monoisotopic (exact) mass is 276 g/mol. The van der Waals surface area contributed by atoms with Gasteiger partial charge in [0.2, 0.25) is 0 Å². The Balaban J connectivity index is 2.70. The molecule has 0 aromatic rings. The summed E-state index contributed by atoms with van der Waals surface area (Å²) in [5.41, 5.74) is 0. The molecule has 0 saturated carbocycles. The number of hydrogen-bond acceptors (Lipinski definition) is 3. The van der Waals surface area contributed by atoms with E-state index in [0.717, 1.165) is 0 Å². The molecule has 0 bridgehead atoms. The number of nitrogens with zero attached hydrogens (tertiary/aromatic N) is 2. The molecule has 0 aromatic carbocycles. The van der Waals surface area contributed by atoms with Crippen LogP contribution in [0.15, 0.2) is 12.7 Å². The van der Waals surface area contributed by atoms with Crippen LogP contribution in [0.1, 0.15) is 19.8 Å². The number of hydrogen-bond donors (Lipinski definition) is 1. The molecule has 0 radical (unpaired) electrons. The third kappa shape index (κ3) is 3.30. The minimum Gasteiger partial charge on any atom is -0.481 e. The average Bonchev–Trinajstić information content (AvgIpc) is 2.35. The second kappa shape index (κ2) is 6.31.